The van der Waals surface area contributed by atoms with Crippen LogP contribution in [0, 0.1) is 6.92 Å². The van der Waals surface area contributed by atoms with E-state index in [-0.39, 0.29) is 6.54 Å². The molecule has 1 aromatic rings. The number of aryl methyl sites for hydroxylation is 2. The molecule has 9 heteroatoms. The summed E-state index contributed by atoms with van der Waals surface area (Å²) >= 11 is 0. The molecule has 0 radical (unpaired) electrons. The number of carbonyl (C=O) groups excluding carboxylic acids is 1. The number of hydrogen-bond acceptors (Lipinski definition) is 5. The molecule has 3 N–H and O–H groups in total. The Morgan fingerprint density at radius 2 is 2.28 bits per heavy atom. The number of nitrogens with one attached hydrogen (secondary N) is 3. The predicted molar refractivity (Wildman–Crippen MR) is 64.1 cm³/mol. The Bertz CT molecular complexity index is 496. The van der Waals surface area contributed by atoms with Gasteiger partial charge in [-0.3, -0.25) is 5.10 Å². The molecule has 18 heavy (non-hydrogen) atoms. The second kappa shape index (κ2) is 6.36. The van der Waals surface area contributed by atoms with Crippen molar-refractivity contribution in [3.05, 3.63) is 17.5 Å². The highest BCUT2D eigenvalue weighted by Gasteiger charge is 2.13. The number of rotatable bonds is 6. The van der Waals surface area contributed by atoms with Crippen LogP contribution in [0.4, 0.5) is 4.79 Å². The van der Waals surface area contributed by atoms with Gasteiger partial charge < -0.3 is 4.74 Å². The van der Waals surface area contributed by atoms with Crippen LogP contribution in [0.5, 0.6) is 0 Å². The van der Waals surface area contributed by atoms with Crippen molar-refractivity contribution in [1.29, 1.82) is 0 Å². The van der Waals surface area contributed by atoms with Crippen molar-refractivity contribution in [3.8, 4) is 0 Å². The largest absolute Gasteiger partial charge is 0.452 e. The minimum atomic E-state index is -3.84. The first kappa shape index (κ1) is 14.5. The van der Waals surface area contributed by atoms with E-state index in [2.05, 4.69) is 19.7 Å². The molecule has 0 aliphatic heterocycles. The molecule has 0 spiro atoms. The van der Waals surface area contributed by atoms with E-state index in [4.69, 9.17) is 0 Å². The highest BCUT2D eigenvalue weighted by molar-refractivity contribution is 7.88. The molecule has 0 saturated carbocycles. The number of aromatic amines is 1. The van der Waals surface area contributed by atoms with Crippen LogP contribution in [0.15, 0.2) is 6.20 Å². The summed E-state index contributed by atoms with van der Waals surface area (Å²) in [4.78, 5) is 10.7. The maximum atomic E-state index is 11.3. The normalized spacial score (nSPS) is 11.2. The fraction of sp³-hybridized carbons (Fsp3) is 0.556. The molecule has 0 unspecified atom stereocenters. The number of amides is 1. The van der Waals surface area contributed by atoms with Gasteiger partial charge in [0.25, 0.3) is 0 Å². The Morgan fingerprint density at radius 1 is 1.56 bits per heavy atom. The summed E-state index contributed by atoms with van der Waals surface area (Å²) in [6, 6.07) is 0. The Balaban J connectivity index is 2.29. The van der Waals surface area contributed by atoms with Gasteiger partial charge in [-0.15, -0.1) is 0 Å². The molecule has 102 valence electrons. The number of nitrogens with zero attached hydrogens (tertiary/aromatic N) is 1. The first-order chi connectivity index (χ1) is 8.44. The molecule has 1 aromatic heterocycles. The molecule has 0 saturated heterocycles. The number of ether oxygens (including phenoxy) is 1. The Hall–Kier alpha value is -1.61. The third-order valence-electron chi connectivity index (χ3n) is 2.25. The summed E-state index contributed by atoms with van der Waals surface area (Å²) in [5.41, 5.74) is 2.00. The van der Waals surface area contributed by atoms with Gasteiger partial charge in [0.1, 0.15) is 0 Å². The predicted octanol–water partition coefficient (Wildman–Crippen LogP) is -0.159. The van der Waals surface area contributed by atoms with Crippen molar-refractivity contribution >= 4 is 16.3 Å². The zero-order valence-corrected chi connectivity index (χ0v) is 11.0. The molecule has 1 amide bonds. The number of methoxy groups -OCH3 is 1. The second-order valence-corrected chi connectivity index (χ2v) is 5.11. The van der Waals surface area contributed by atoms with E-state index in [0.29, 0.717) is 12.8 Å². The van der Waals surface area contributed by atoms with Crippen LogP contribution in [-0.2, 0) is 21.4 Å². The lowest BCUT2D eigenvalue weighted by atomic mass is 10.1. The van der Waals surface area contributed by atoms with E-state index >= 15 is 0 Å². The Labute approximate surface area is 105 Å². The van der Waals surface area contributed by atoms with Crippen molar-refractivity contribution in [2.45, 2.75) is 19.8 Å². The van der Waals surface area contributed by atoms with E-state index < -0.39 is 16.3 Å². The average molecular weight is 276 g/mol. The average Bonchev–Trinajstić information content (AvgIpc) is 2.70. The molecule has 1 heterocycles. The number of aromatic nitrogens is 2. The van der Waals surface area contributed by atoms with Crippen LogP contribution >= 0.6 is 0 Å². The molecule has 0 fully saturated rings. The van der Waals surface area contributed by atoms with Crippen molar-refractivity contribution in [1.82, 2.24) is 19.6 Å². The minimum Gasteiger partial charge on any atom is -0.452 e. The van der Waals surface area contributed by atoms with E-state index in [9.17, 15) is 13.2 Å². The second-order valence-electron chi connectivity index (χ2n) is 3.62. The zero-order valence-electron chi connectivity index (χ0n) is 10.2. The standard InChI is InChI=1S/C9H16N4O4S/c1-7-8(6-10-12-7)4-3-5-11-18(15,16)13-9(14)17-2/h6,11H,3-5H2,1-2H3,(H,10,12)(H,13,14). The minimum absolute atomic E-state index is 0.219. The van der Waals surface area contributed by atoms with Gasteiger partial charge in [0.15, 0.2) is 0 Å². The summed E-state index contributed by atoms with van der Waals surface area (Å²) < 4.78 is 30.7. The van der Waals surface area contributed by atoms with E-state index in [1.54, 1.807) is 10.9 Å². The quantitative estimate of drug-likeness (QED) is 0.625. The molecule has 1 rings (SSSR count). The molecule has 0 bridgehead atoms. The monoisotopic (exact) mass is 276 g/mol. The van der Waals surface area contributed by atoms with Crippen molar-refractivity contribution in [2.75, 3.05) is 13.7 Å². The number of hydrogen-bond donors (Lipinski definition) is 3. The first-order valence-electron chi connectivity index (χ1n) is 5.29. The molecule has 0 aromatic carbocycles. The summed E-state index contributed by atoms with van der Waals surface area (Å²) in [5, 5.41) is 6.66. The van der Waals surface area contributed by atoms with Gasteiger partial charge in [0.05, 0.1) is 13.3 Å². The Kier molecular flexibility index (Phi) is 5.10. The summed E-state index contributed by atoms with van der Waals surface area (Å²) in [5.74, 6) is 0. The fourth-order valence-corrected chi connectivity index (χ4v) is 2.09. The number of carbonyl (C=O) groups is 1. The molecule has 0 aliphatic carbocycles. The van der Waals surface area contributed by atoms with E-state index in [1.807, 2.05) is 6.92 Å². The van der Waals surface area contributed by atoms with Crippen molar-refractivity contribution < 1.29 is 17.9 Å². The van der Waals surface area contributed by atoms with Gasteiger partial charge in [0.2, 0.25) is 0 Å². The van der Waals surface area contributed by atoms with Crippen LogP contribution < -0.4 is 9.44 Å². The SMILES string of the molecule is COC(=O)NS(=O)(=O)NCCCc1cn[nH]c1C. The third kappa shape index (κ3) is 4.72. The van der Waals surface area contributed by atoms with Gasteiger partial charge in [-0.1, -0.05) is 0 Å². The Morgan fingerprint density at radius 3 is 2.83 bits per heavy atom. The molecular formula is C9H16N4O4S. The highest BCUT2D eigenvalue weighted by atomic mass is 32.2. The summed E-state index contributed by atoms with van der Waals surface area (Å²) in [6.07, 6.45) is 1.98. The van der Waals surface area contributed by atoms with Crippen molar-refractivity contribution in [3.63, 3.8) is 0 Å². The zero-order chi connectivity index (χ0) is 13.6. The van der Waals surface area contributed by atoms with Crippen LogP contribution in [0.25, 0.3) is 0 Å². The lowest BCUT2D eigenvalue weighted by Crippen LogP contribution is -2.40. The molecular weight excluding hydrogens is 260 g/mol. The fourth-order valence-electron chi connectivity index (χ4n) is 1.30. The van der Waals surface area contributed by atoms with Crippen LogP contribution in [0.1, 0.15) is 17.7 Å². The van der Waals surface area contributed by atoms with Gasteiger partial charge in [-0.05, 0) is 25.3 Å². The first-order valence-corrected chi connectivity index (χ1v) is 6.77. The van der Waals surface area contributed by atoms with Gasteiger partial charge in [-0.25, -0.2) is 9.52 Å². The van der Waals surface area contributed by atoms with Gasteiger partial charge in [0, 0.05) is 12.2 Å². The van der Waals surface area contributed by atoms with Crippen LogP contribution in [0.2, 0.25) is 0 Å². The highest BCUT2D eigenvalue weighted by Crippen LogP contribution is 2.05. The lowest BCUT2D eigenvalue weighted by Gasteiger charge is -2.06. The summed E-state index contributed by atoms with van der Waals surface area (Å²) in [6.45, 7) is 2.11. The smallest absolute Gasteiger partial charge is 0.421 e. The van der Waals surface area contributed by atoms with Crippen LogP contribution in [-0.4, -0.2) is 38.4 Å². The molecule has 0 atom stereocenters. The van der Waals surface area contributed by atoms with Crippen LogP contribution in [0.3, 0.4) is 0 Å². The van der Waals surface area contributed by atoms with Crippen molar-refractivity contribution in [2.24, 2.45) is 0 Å². The molecule has 8 nitrogen and oxygen atoms in total. The lowest BCUT2D eigenvalue weighted by molar-refractivity contribution is 0.177. The van der Waals surface area contributed by atoms with E-state index in [0.717, 1.165) is 18.4 Å². The maximum Gasteiger partial charge on any atom is 0.421 e. The summed E-state index contributed by atoms with van der Waals surface area (Å²) in [7, 11) is -2.75. The maximum absolute atomic E-state index is 11.3. The van der Waals surface area contributed by atoms with Gasteiger partial charge >= 0.3 is 16.3 Å². The van der Waals surface area contributed by atoms with Gasteiger partial charge in [-0.2, -0.15) is 18.2 Å². The third-order valence-corrected chi connectivity index (χ3v) is 3.27. The van der Waals surface area contributed by atoms with E-state index in [1.165, 1.54) is 0 Å². The number of H-pyrrole nitrogens is 1. The molecule has 0 aliphatic rings. The topological polar surface area (TPSA) is 113 Å².